The number of hydrogen-bond donors (Lipinski definition) is 0. The first-order chi connectivity index (χ1) is 16.6. The highest BCUT2D eigenvalue weighted by Crippen LogP contribution is 2.25. The second-order valence-electron chi connectivity index (χ2n) is 9.33. The quantitative estimate of drug-likeness (QED) is 0.130. The third-order valence-corrected chi connectivity index (χ3v) is 6.39. The van der Waals surface area contributed by atoms with Crippen molar-refractivity contribution in [3.8, 4) is 5.75 Å². The number of carbonyl (C=O) groups excluding carboxylic acids is 1. The fourth-order valence-corrected chi connectivity index (χ4v) is 4.19. The zero-order chi connectivity index (χ0) is 24.6. The van der Waals surface area contributed by atoms with Crippen LogP contribution in [-0.2, 0) is 12.8 Å². The largest absolute Gasteiger partial charge is 0.420 e. The van der Waals surface area contributed by atoms with Crippen LogP contribution in [0.1, 0.15) is 119 Å². The van der Waals surface area contributed by atoms with Gasteiger partial charge in [0.05, 0.1) is 5.56 Å². The lowest BCUT2D eigenvalue weighted by Gasteiger charge is -2.10. The average Bonchev–Trinajstić information content (AvgIpc) is 2.85. The van der Waals surface area contributed by atoms with Gasteiger partial charge in [0.2, 0.25) is 5.82 Å². The molecule has 2 nitrogen and oxygen atoms in total. The standard InChI is InChI=1S/C30H42F2O2/c1-3-5-7-9-11-12-14-16-24-18-20-26(21-19-24)30(33)34-27-23-22-25(28(31)29(27)32)17-15-13-10-8-6-4-2/h18-23H,3-17H2,1-2H3. The fraction of sp³-hybridized carbons (Fsp3) is 0.567. The first kappa shape index (κ1) is 28.0. The highest BCUT2D eigenvalue weighted by atomic mass is 19.2. The molecule has 0 saturated heterocycles. The fourth-order valence-electron chi connectivity index (χ4n) is 4.19. The predicted octanol–water partition coefficient (Wildman–Crippen LogP) is 9.38. The minimum Gasteiger partial charge on any atom is -0.420 e. The van der Waals surface area contributed by atoms with E-state index in [1.165, 1.54) is 75.5 Å². The second kappa shape index (κ2) is 16.4. The highest BCUT2D eigenvalue weighted by Gasteiger charge is 2.18. The molecule has 0 fully saturated rings. The molecule has 0 aliphatic carbocycles. The second-order valence-corrected chi connectivity index (χ2v) is 9.33. The lowest BCUT2D eigenvalue weighted by Crippen LogP contribution is -2.11. The van der Waals surface area contributed by atoms with Crippen molar-refractivity contribution in [2.45, 2.75) is 110 Å². The Hall–Kier alpha value is -2.23. The number of carbonyl (C=O) groups is 1. The Kier molecular flexibility index (Phi) is 13.5. The molecule has 2 rings (SSSR count). The van der Waals surface area contributed by atoms with Crippen LogP contribution in [-0.4, -0.2) is 5.97 Å². The van der Waals surface area contributed by atoms with Crippen molar-refractivity contribution < 1.29 is 18.3 Å². The van der Waals surface area contributed by atoms with E-state index in [2.05, 4.69) is 13.8 Å². The average molecular weight is 473 g/mol. The summed E-state index contributed by atoms with van der Waals surface area (Å²) in [4.78, 5) is 12.4. The van der Waals surface area contributed by atoms with E-state index in [0.29, 0.717) is 17.5 Å². The van der Waals surface area contributed by atoms with Crippen LogP contribution >= 0.6 is 0 Å². The Morgan fingerprint density at radius 1 is 0.647 bits per heavy atom. The number of aryl methyl sites for hydroxylation is 2. The molecule has 0 N–H and O–H groups in total. The molecule has 188 valence electrons. The Morgan fingerprint density at radius 3 is 1.76 bits per heavy atom. The van der Waals surface area contributed by atoms with Crippen molar-refractivity contribution in [1.82, 2.24) is 0 Å². The zero-order valence-corrected chi connectivity index (χ0v) is 21.1. The number of hydrogen-bond acceptors (Lipinski definition) is 2. The molecule has 0 aromatic heterocycles. The van der Waals surface area contributed by atoms with E-state index in [0.717, 1.165) is 32.1 Å². The number of benzene rings is 2. The normalized spacial score (nSPS) is 11.1. The van der Waals surface area contributed by atoms with Gasteiger partial charge in [-0.2, -0.15) is 4.39 Å². The summed E-state index contributed by atoms with van der Waals surface area (Å²) < 4.78 is 34.1. The summed E-state index contributed by atoms with van der Waals surface area (Å²) in [6, 6.07) is 10.1. The van der Waals surface area contributed by atoms with Gasteiger partial charge < -0.3 is 4.74 Å². The minimum absolute atomic E-state index is 0.333. The summed E-state index contributed by atoms with van der Waals surface area (Å²) in [6.07, 6.45) is 16.8. The SMILES string of the molecule is CCCCCCCCCc1ccc(C(=O)Oc2ccc(CCCCCCCC)c(F)c2F)cc1. The van der Waals surface area contributed by atoms with Gasteiger partial charge in [0.25, 0.3) is 0 Å². The number of esters is 1. The molecule has 0 unspecified atom stereocenters. The summed E-state index contributed by atoms with van der Waals surface area (Å²) in [5, 5.41) is 0. The summed E-state index contributed by atoms with van der Waals surface area (Å²) in [6.45, 7) is 4.39. The Balaban J connectivity index is 1.80. The van der Waals surface area contributed by atoms with Crippen LogP contribution in [0.3, 0.4) is 0 Å². The van der Waals surface area contributed by atoms with Crippen molar-refractivity contribution in [1.29, 1.82) is 0 Å². The molecule has 0 saturated carbocycles. The molecule has 2 aromatic carbocycles. The maximum Gasteiger partial charge on any atom is 0.343 e. The van der Waals surface area contributed by atoms with Crippen LogP contribution in [0, 0.1) is 11.6 Å². The van der Waals surface area contributed by atoms with Crippen molar-refractivity contribution in [2.24, 2.45) is 0 Å². The lowest BCUT2D eigenvalue weighted by atomic mass is 10.0. The number of ether oxygens (including phenoxy) is 1. The molecule has 0 radical (unpaired) electrons. The van der Waals surface area contributed by atoms with Crippen LogP contribution in [0.2, 0.25) is 0 Å². The van der Waals surface area contributed by atoms with Crippen LogP contribution in [0.4, 0.5) is 8.78 Å². The van der Waals surface area contributed by atoms with E-state index >= 15 is 0 Å². The molecule has 0 amide bonds. The van der Waals surface area contributed by atoms with Crippen LogP contribution in [0.25, 0.3) is 0 Å². The molecule has 0 atom stereocenters. The third kappa shape index (κ3) is 9.95. The minimum atomic E-state index is -1.09. The monoisotopic (exact) mass is 472 g/mol. The summed E-state index contributed by atoms with van der Waals surface area (Å²) in [7, 11) is 0. The predicted molar refractivity (Wildman–Crippen MR) is 137 cm³/mol. The van der Waals surface area contributed by atoms with Gasteiger partial charge in [-0.25, -0.2) is 9.18 Å². The molecule has 0 aliphatic rings. The Bertz CT molecular complexity index is 846. The van der Waals surface area contributed by atoms with E-state index in [1.54, 1.807) is 12.1 Å². The molecule has 0 aliphatic heterocycles. The molecule has 4 heteroatoms. The van der Waals surface area contributed by atoms with Gasteiger partial charge in [-0.15, -0.1) is 0 Å². The van der Waals surface area contributed by atoms with E-state index in [1.807, 2.05) is 12.1 Å². The Morgan fingerprint density at radius 2 is 1.18 bits per heavy atom. The van der Waals surface area contributed by atoms with Crippen molar-refractivity contribution in [3.63, 3.8) is 0 Å². The van der Waals surface area contributed by atoms with Crippen LogP contribution in [0.15, 0.2) is 36.4 Å². The topological polar surface area (TPSA) is 26.3 Å². The molecule has 2 aromatic rings. The molecule has 0 bridgehead atoms. The lowest BCUT2D eigenvalue weighted by molar-refractivity contribution is 0.0726. The van der Waals surface area contributed by atoms with Gasteiger partial charge in [-0.3, -0.25) is 0 Å². The summed E-state index contributed by atoms with van der Waals surface area (Å²) in [5.74, 6) is -3.04. The Labute approximate surface area is 205 Å². The van der Waals surface area contributed by atoms with Gasteiger partial charge in [-0.1, -0.05) is 103 Å². The summed E-state index contributed by atoms with van der Waals surface area (Å²) >= 11 is 0. The van der Waals surface area contributed by atoms with E-state index in [4.69, 9.17) is 4.74 Å². The molecular weight excluding hydrogens is 430 g/mol. The highest BCUT2D eigenvalue weighted by molar-refractivity contribution is 5.91. The van der Waals surface area contributed by atoms with Crippen molar-refractivity contribution in [3.05, 3.63) is 64.7 Å². The van der Waals surface area contributed by atoms with Crippen LogP contribution < -0.4 is 4.74 Å². The molecule has 0 heterocycles. The van der Waals surface area contributed by atoms with E-state index in [9.17, 15) is 13.6 Å². The molecule has 34 heavy (non-hydrogen) atoms. The first-order valence-corrected chi connectivity index (χ1v) is 13.3. The van der Waals surface area contributed by atoms with E-state index in [-0.39, 0.29) is 5.75 Å². The van der Waals surface area contributed by atoms with Crippen molar-refractivity contribution in [2.75, 3.05) is 0 Å². The molecule has 0 spiro atoms. The third-order valence-electron chi connectivity index (χ3n) is 6.39. The number of unbranched alkanes of at least 4 members (excludes halogenated alkanes) is 11. The smallest absolute Gasteiger partial charge is 0.343 e. The maximum atomic E-state index is 14.5. The first-order valence-electron chi connectivity index (χ1n) is 13.3. The summed E-state index contributed by atoms with van der Waals surface area (Å²) in [5.41, 5.74) is 1.84. The van der Waals surface area contributed by atoms with E-state index < -0.39 is 17.6 Å². The van der Waals surface area contributed by atoms with Crippen molar-refractivity contribution >= 4 is 5.97 Å². The van der Waals surface area contributed by atoms with Crippen LogP contribution in [0.5, 0.6) is 5.75 Å². The maximum absolute atomic E-state index is 14.5. The number of rotatable bonds is 17. The molecular formula is C30H42F2O2. The van der Waals surface area contributed by atoms with Gasteiger partial charge >= 0.3 is 5.97 Å². The van der Waals surface area contributed by atoms with Gasteiger partial charge in [0, 0.05) is 0 Å². The number of halogens is 2. The zero-order valence-electron chi connectivity index (χ0n) is 21.1. The van der Waals surface area contributed by atoms with Gasteiger partial charge in [0.1, 0.15) is 0 Å². The van der Waals surface area contributed by atoms with Gasteiger partial charge in [-0.05, 0) is 55.0 Å². The van der Waals surface area contributed by atoms with Gasteiger partial charge in [0.15, 0.2) is 11.6 Å².